The van der Waals surface area contributed by atoms with Gasteiger partial charge < -0.3 is 9.47 Å². The third-order valence-electron chi connectivity index (χ3n) is 3.63. The van der Waals surface area contributed by atoms with E-state index in [1.165, 1.54) is 32.6 Å². The Morgan fingerprint density at radius 2 is 1.86 bits per heavy atom. The fraction of sp³-hybridized carbons (Fsp3) is 0.222. The lowest BCUT2D eigenvalue weighted by Gasteiger charge is -2.23. The zero-order chi connectivity index (χ0) is 20.7. The molecule has 0 saturated heterocycles. The summed E-state index contributed by atoms with van der Waals surface area (Å²) in [6.07, 6.45) is 2.39. The van der Waals surface area contributed by atoms with Gasteiger partial charge in [0.1, 0.15) is 18.0 Å². The molecule has 0 saturated carbocycles. The zero-order valence-electron chi connectivity index (χ0n) is 15.5. The van der Waals surface area contributed by atoms with E-state index in [0.717, 1.165) is 10.6 Å². The summed E-state index contributed by atoms with van der Waals surface area (Å²) in [4.78, 5) is 12.3. The van der Waals surface area contributed by atoms with Crippen molar-refractivity contribution in [2.75, 3.05) is 31.3 Å². The molecule has 10 heteroatoms. The average molecular weight is 426 g/mol. The lowest BCUT2D eigenvalue weighted by molar-refractivity contribution is -0.119. The van der Waals surface area contributed by atoms with E-state index >= 15 is 0 Å². The number of hydrazone groups is 1. The molecule has 8 nitrogen and oxygen atoms in total. The SMILES string of the molecule is COc1ccccc1/C=N\NC(=O)CN(c1cc(Cl)ccc1OC)S(C)(=O)=O. The Morgan fingerprint density at radius 3 is 2.50 bits per heavy atom. The number of halogens is 1. The van der Waals surface area contributed by atoms with Gasteiger partial charge in [0.25, 0.3) is 5.91 Å². The molecule has 0 spiro atoms. The van der Waals surface area contributed by atoms with Crippen LogP contribution in [-0.4, -0.2) is 47.6 Å². The van der Waals surface area contributed by atoms with Crippen molar-refractivity contribution in [3.05, 3.63) is 53.1 Å². The van der Waals surface area contributed by atoms with Gasteiger partial charge in [-0.2, -0.15) is 5.10 Å². The number of amides is 1. The first-order valence-electron chi connectivity index (χ1n) is 8.02. The standard InChI is InChI=1S/C18H20ClN3O5S/c1-26-16-7-5-4-6-13(16)11-20-21-18(23)12-22(28(3,24)25)15-10-14(19)8-9-17(15)27-2/h4-11H,12H2,1-3H3,(H,21,23)/b20-11-. The van der Waals surface area contributed by atoms with Gasteiger partial charge in [0, 0.05) is 10.6 Å². The zero-order valence-corrected chi connectivity index (χ0v) is 17.1. The minimum Gasteiger partial charge on any atom is -0.496 e. The molecule has 0 heterocycles. The molecular weight excluding hydrogens is 406 g/mol. The number of hydrogen-bond acceptors (Lipinski definition) is 6. The van der Waals surface area contributed by atoms with Gasteiger partial charge in [-0.3, -0.25) is 9.10 Å². The second-order valence-corrected chi connectivity index (χ2v) is 7.96. The van der Waals surface area contributed by atoms with Crippen molar-refractivity contribution in [3.8, 4) is 11.5 Å². The maximum Gasteiger partial charge on any atom is 0.260 e. The highest BCUT2D eigenvalue weighted by Crippen LogP contribution is 2.32. The first-order chi connectivity index (χ1) is 13.3. The Kier molecular flexibility index (Phi) is 7.24. The molecule has 150 valence electrons. The second-order valence-electron chi connectivity index (χ2n) is 5.62. The quantitative estimate of drug-likeness (QED) is 0.517. The number of para-hydroxylation sites is 1. The summed E-state index contributed by atoms with van der Waals surface area (Å²) in [6, 6.07) is 11.6. The van der Waals surface area contributed by atoms with Crippen LogP contribution in [0.4, 0.5) is 5.69 Å². The summed E-state index contributed by atoms with van der Waals surface area (Å²) in [5, 5.41) is 4.16. The lowest BCUT2D eigenvalue weighted by Crippen LogP contribution is -2.39. The summed E-state index contributed by atoms with van der Waals surface area (Å²) >= 11 is 5.97. The number of nitrogens with zero attached hydrogens (tertiary/aromatic N) is 2. The molecule has 0 fully saturated rings. The summed E-state index contributed by atoms with van der Waals surface area (Å²) in [7, 11) is -0.873. The van der Waals surface area contributed by atoms with Gasteiger partial charge in [-0.15, -0.1) is 0 Å². The monoisotopic (exact) mass is 425 g/mol. The maximum atomic E-state index is 12.3. The van der Waals surface area contributed by atoms with Crippen molar-refractivity contribution < 1.29 is 22.7 Å². The summed E-state index contributed by atoms with van der Waals surface area (Å²) in [5.74, 6) is 0.209. The lowest BCUT2D eigenvalue weighted by atomic mass is 10.2. The Labute approximate surface area is 168 Å². The molecule has 0 unspecified atom stereocenters. The van der Waals surface area contributed by atoms with Crippen molar-refractivity contribution in [3.63, 3.8) is 0 Å². The Bertz CT molecular complexity index is 979. The van der Waals surface area contributed by atoms with Crippen LogP contribution >= 0.6 is 11.6 Å². The number of anilines is 1. The topological polar surface area (TPSA) is 97.3 Å². The molecule has 0 aromatic heterocycles. The molecule has 0 radical (unpaired) electrons. The van der Waals surface area contributed by atoms with Crippen LogP contribution in [0.3, 0.4) is 0 Å². The van der Waals surface area contributed by atoms with Gasteiger partial charge >= 0.3 is 0 Å². The van der Waals surface area contributed by atoms with Crippen molar-refractivity contribution in [1.82, 2.24) is 5.43 Å². The van der Waals surface area contributed by atoms with Gasteiger partial charge in [-0.1, -0.05) is 23.7 Å². The Morgan fingerprint density at radius 1 is 1.18 bits per heavy atom. The van der Waals surface area contributed by atoms with E-state index in [9.17, 15) is 13.2 Å². The van der Waals surface area contributed by atoms with Gasteiger partial charge in [0.05, 0.1) is 32.4 Å². The Hall–Kier alpha value is -2.78. The van der Waals surface area contributed by atoms with Crippen molar-refractivity contribution in [1.29, 1.82) is 0 Å². The van der Waals surface area contributed by atoms with Crippen LogP contribution in [0.15, 0.2) is 47.6 Å². The van der Waals surface area contributed by atoms with Gasteiger partial charge in [-0.25, -0.2) is 13.8 Å². The van der Waals surface area contributed by atoms with E-state index in [1.54, 1.807) is 30.3 Å². The first kappa shape index (κ1) is 21.5. The molecule has 28 heavy (non-hydrogen) atoms. The molecule has 0 aliphatic carbocycles. The number of nitrogens with one attached hydrogen (secondary N) is 1. The fourth-order valence-corrected chi connectivity index (χ4v) is 3.37. The van der Waals surface area contributed by atoms with Crippen molar-refractivity contribution in [2.45, 2.75) is 0 Å². The third-order valence-corrected chi connectivity index (χ3v) is 4.99. The summed E-state index contributed by atoms with van der Waals surface area (Å²) in [5.41, 5.74) is 3.11. The van der Waals surface area contributed by atoms with E-state index in [2.05, 4.69) is 10.5 Å². The van der Waals surface area contributed by atoms with Crippen LogP contribution in [0.1, 0.15) is 5.56 Å². The molecule has 0 atom stereocenters. The number of hydrogen-bond donors (Lipinski definition) is 1. The molecule has 2 rings (SSSR count). The van der Waals surface area contributed by atoms with E-state index in [-0.39, 0.29) is 11.4 Å². The number of methoxy groups -OCH3 is 2. The number of sulfonamides is 1. The molecule has 2 aromatic rings. The largest absolute Gasteiger partial charge is 0.496 e. The highest BCUT2D eigenvalue weighted by molar-refractivity contribution is 7.92. The fourth-order valence-electron chi connectivity index (χ4n) is 2.35. The first-order valence-corrected chi connectivity index (χ1v) is 10.2. The predicted molar refractivity (Wildman–Crippen MR) is 109 cm³/mol. The van der Waals surface area contributed by atoms with E-state index < -0.39 is 22.5 Å². The van der Waals surface area contributed by atoms with E-state index in [1.807, 2.05) is 0 Å². The minimum atomic E-state index is -3.79. The van der Waals surface area contributed by atoms with Crippen LogP contribution in [0.2, 0.25) is 5.02 Å². The van der Waals surface area contributed by atoms with Crippen molar-refractivity contribution in [2.24, 2.45) is 5.10 Å². The molecule has 0 bridgehead atoms. The number of carbonyl (C=O) groups excluding carboxylic acids is 1. The van der Waals surface area contributed by atoms with Crippen LogP contribution in [0.25, 0.3) is 0 Å². The predicted octanol–water partition coefficient (Wildman–Crippen LogP) is 2.27. The summed E-state index contributed by atoms with van der Waals surface area (Å²) in [6.45, 7) is -0.501. The smallest absolute Gasteiger partial charge is 0.260 e. The highest BCUT2D eigenvalue weighted by atomic mass is 35.5. The van der Waals surface area contributed by atoms with Gasteiger partial charge in [-0.05, 0) is 30.3 Å². The second kappa shape index (κ2) is 9.43. The molecule has 2 aromatic carbocycles. The van der Waals surface area contributed by atoms with E-state index in [0.29, 0.717) is 16.3 Å². The van der Waals surface area contributed by atoms with Gasteiger partial charge in [0.15, 0.2) is 0 Å². The molecule has 0 aliphatic rings. The molecular formula is C18H20ClN3O5S. The normalized spacial score (nSPS) is 11.3. The average Bonchev–Trinajstić information content (AvgIpc) is 2.65. The molecule has 1 amide bonds. The number of carbonyl (C=O) groups is 1. The maximum absolute atomic E-state index is 12.3. The van der Waals surface area contributed by atoms with Crippen LogP contribution in [0, 0.1) is 0 Å². The Balaban J connectivity index is 2.19. The van der Waals surface area contributed by atoms with E-state index in [4.69, 9.17) is 21.1 Å². The van der Waals surface area contributed by atoms with Crippen molar-refractivity contribution >= 4 is 39.4 Å². The summed E-state index contributed by atoms with van der Waals surface area (Å²) < 4.78 is 35.7. The minimum absolute atomic E-state index is 0.154. The van der Waals surface area contributed by atoms with Gasteiger partial charge in [0.2, 0.25) is 10.0 Å². The third kappa shape index (κ3) is 5.61. The van der Waals surface area contributed by atoms with Crippen LogP contribution in [0.5, 0.6) is 11.5 Å². The number of rotatable bonds is 8. The number of ether oxygens (including phenoxy) is 2. The molecule has 1 N–H and O–H groups in total. The number of benzene rings is 2. The van der Waals surface area contributed by atoms with Crippen LogP contribution in [-0.2, 0) is 14.8 Å². The molecule has 0 aliphatic heterocycles. The van der Waals surface area contributed by atoms with Crippen LogP contribution < -0.4 is 19.2 Å². The highest BCUT2D eigenvalue weighted by Gasteiger charge is 2.24.